The third-order valence-corrected chi connectivity index (χ3v) is 4.83. The van der Waals surface area contributed by atoms with Gasteiger partial charge < -0.3 is 10.0 Å². The predicted octanol–water partition coefficient (Wildman–Crippen LogP) is 3.80. The van der Waals surface area contributed by atoms with Gasteiger partial charge in [0.25, 0.3) is 5.91 Å². The number of rotatable bonds is 3. The van der Waals surface area contributed by atoms with Crippen molar-refractivity contribution in [2.45, 2.75) is 6.92 Å². The van der Waals surface area contributed by atoms with E-state index >= 15 is 0 Å². The van der Waals surface area contributed by atoms with Crippen molar-refractivity contribution in [3.63, 3.8) is 0 Å². The van der Waals surface area contributed by atoms with E-state index in [0.717, 1.165) is 11.1 Å². The molecule has 0 bridgehead atoms. The number of aryl methyl sites for hydroxylation is 1. The van der Waals surface area contributed by atoms with E-state index in [4.69, 9.17) is 0 Å². The Balaban J connectivity index is 1.86. The smallest absolute Gasteiger partial charge is 0.337 e. The van der Waals surface area contributed by atoms with Gasteiger partial charge in [-0.05, 0) is 42.5 Å². The SMILES string of the molecule is Cc1ccc(/C=C2\SC(N(C)c3ccccc3C(=O)O)=NC2=O)cc1. The average Bonchev–Trinajstić information content (AvgIpc) is 2.97. The first-order valence-electron chi connectivity index (χ1n) is 7.61. The van der Waals surface area contributed by atoms with Crippen LogP contribution in [0.2, 0.25) is 0 Å². The van der Waals surface area contributed by atoms with Crippen molar-refractivity contribution in [2.75, 3.05) is 11.9 Å². The number of carbonyl (C=O) groups excluding carboxylic acids is 1. The van der Waals surface area contributed by atoms with E-state index in [1.54, 1.807) is 36.2 Å². The van der Waals surface area contributed by atoms with Crippen LogP contribution in [0, 0.1) is 6.92 Å². The van der Waals surface area contributed by atoms with Gasteiger partial charge in [-0.25, -0.2) is 4.79 Å². The summed E-state index contributed by atoms with van der Waals surface area (Å²) in [6.07, 6.45) is 1.79. The Kier molecular flexibility index (Phi) is 4.72. The van der Waals surface area contributed by atoms with E-state index in [-0.39, 0.29) is 11.5 Å². The summed E-state index contributed by atoms with van der Waals surface area (Å²) in [5.41, 5.74) is 2.73. The number of para-hydroxylation sites is 1. The highest BCUT2D eigenvalue weighted by Crippen LogP contribution is 2.32. The number of amides is 1. The molecular weight excluding hydrogens is 336 g/mol. The minimum Gasteiger partial charge on any atom is -0.478 e. The largest absolute Gasteiger partial charge is 0.478 e. The number of carboxylic acid groups (broad SMARTS) is 1. The van der Waals surface area contributed by atoms with Crippen molar-refractivity contribution in [3.8, 4) is 0 Å². The highest BCUT2D eigenvalue weighted by Gasteiger charge is 2.26. The molecule has 1 N–H and O–H groups in total. The zero-order valence-electron chi connectivity index (χ0n) is 13.8. The lowest BCUT2D eigenvalue weighted by Crippen LogP contribution is -2.24. The molecule has 1 aliphatic heterocycles. The molecule has 0 radical (unpaired) electrons. The summed E-state index contributed by atoms with van der Waals surface area (Å²) in [5.74, 6) is -1.34. The van der Waals surface area contributed by atoms with E-state index in [0.29, 0.717) is 15.8 Å². The van der Waals surface area contributed by atoms with Crippen molar-refractivity contribution >= 4 is 40.6 Å². The van der Waals surface area contributed by atoms with Gasteiger partial charge >= 0.3 is 5.97 Å². The van der Waals surface area contributed by atoms with Gasteiger partial charge in [0.15, 0.2) is 5.17 Å². The Labute approximate surface area is 149 Å². The molecule has 0 saturated carbocycles. The van der Waals surface area contributed by atoms with Gasteiger partial charge in [0, 0.05) is 7.05 Å². The number of carboxylic acids is 1. The normalized spacial score (nSPS) is 15.4. The number of benzene rings is 2. The topological polar surface area (TPSA) is 70.0 Å². The Morgan fingerprint density at radius 3 is 2.52 bits per heavy atom. The zero-order valence-corrected chi connectivity index (χ0v) is 14.6. The molecule has 1 heterocycles. The number of aliphatic imine (C=N–C) groups is 1. The van der Waals surface area contributed by atoms with Gasteiger partial charge in [-0.2, -0.15) is 4.99 Å². The number of anilines is 1. The molecule has 0 spiro atoms. The van der Waals surface area contributed by atoms with Crippen molar-refractivity contribution in [1.82, 2.24) is 0 Å². The monoisotopic (exact) mass is 352 g/mol. The second-order valence-corrected chi connectivity index (χ2v) is 6.61. The van der Waals surface area contributed by atoms with Gasteiger partial charge in [0.1, 0.15) is 0 Å². The number of nitrogens with zero attached hydrogens (tertiary/aromatic N) is 2. The molecule has 25 heavy (non-hydrogen) atoms. The quantitative estimate of drug-likeness (QED) is 0.851. The Bertz CT molecular complexity index is 901. The number of amidine groups is 1. The fourth-order valence-electron chi connectivity index (χ4n) is 2.41. The molecule has 6 heteroatoms. The van der Waals surface area contributed by atoms with Crippen LogP contribution < -0.4 is 4.90 Å². The van der Waals surface area contributed by atoms with Gasteiger partial charge in [-0.3, -0.25) is 4.79 Å². The third-order valence-electron chi connectivity index (χ3n) is 3.77. The van der Waals surface area contributed by atoms with E-state index < -0.39 is 5.97 Å². The van der Waals surface area contributed by atoms with E-state index in [2.05, 4.69) is 4.99 Å². The van der Waals surface area contributed by atoms with Crippen molar-refractivity contribution in [3.05, 3.63) is 70.1 Å². The standard InChI is InChI=1S/C19H16N2O3S/c1-12-7-9-13(10-8-12)11-16-17(22)20-19(25-16)21(2)15-6-4-3-5-14(15)18(23)24/h3-11H,1-2H3,(H,23,24)/b16-11-. The summed E-state index contributed by atoms with van der Waals surface area (Å²) in [6.45, 7) is 2.00. The fourth-order valence-corrected chi connectivity index (χ4v) is 3.29. The highest BCUT2D eigenvalue weighted by molar-refractivity contribution is 8.18. The molecular formula is C19H16N2O3S. The fraction of sp³-hybridized carbons (Fsp3) is 0.105. The van der Waals surface area contributed by atoms with E-state index in [9.17, 15) is 14.7 Å². The third kappa shape index (κ3) is 3.64. The lowest BCUT2D eigenvalue weighted by atomic mass is 10.1. The maximum Gasteiger partial charge on any atom is 0.337 e. The molecule has 1 amide bonds. The van der Waals surface area contributed by atoms with Crippen LogP contribution in [-0.2, 0) is 4.79 Å². The van der Waals surface area contributed by atoms with Crippen LogP contribution in [0.25, 0.3) is 6.08 Å². The predicted molar refractivity (Wildman–Crippen MR) is 101 cm³/mol. The number of aromatic carboxylic acids is 1. The summed E-state index contributed by atoms with van der Waals surface area (Å²) in [4.78, 5) is 29.8. The summed E-state index contributed by atoms with van der Waals surface area (Å²) in [6, 6.07) is 14.5. The maximum absolute atomic E-state index is 12.2. The molecule has 1 aliphatic rings. The second kappa shape index (κ2) is 6.94. The average molecular weight is 352 g/mol. The molecule has 0 aliphatic carbocycles. The van der Waals surface area contributed by atoms with E-state index in [1.807, 2.05) is 31.2 Å². The summed E-state index contributed by atoms with van der Waals surface area (Å²) in [7, 11) is 1.70. The molecule has 0 unspecified atom stereocenters. The molecule has 126 valence electrons. The van der Waals surface area contributed by atoms with Gasteiger partial charge in [0.2, 0.25) is 0 Å². The first kappa shape index (κ1) is 17.0. The summed E-state index contributed by atoms with van der Waals surface area (Å²) < 4.78 is 0. The Morgan fingerprint density at radius 2 is 1.84 bits per heavy atom. The number of thioether (sulfide) groups is 1. The van der Waals surface area contributed by atoms with Crippen LogP contribution in [-0.4, -0.2) is 29.2 Å². The number of hydrogen-bond acceptors (Lipinski definition) is 4. The molecule has 5 nitrogen and oxygen atoms in total. The molecule has 0 aromatic heterocycles. The molecule has 0 saturated heterocycles. The molecule has 3 rings (SSSR count). The summed E-state index contributed by atoms with van der Waals surface area (Å²) in [5, 5.41) is 9.78. The van der Waals surface area contributed by atoms with Crippen molar-refractivity contribution in [2.24, 2.45) is 4.99 Å². The van der Waals surface area contributed by atoms with Crippen LogP contribution >= 0.6 is 11.8 Å². The van der Waals surface area contributed by atoms with Crippen LogP contribution in [0.1, 0.15) is 21.5 Å². The van der Waals surface area contributed by atoms with Crippen LogP contribution in [0.15, 0.2) is 58.4 Å². The Morgan fingerprint density at radius 1 is 1.16 bits per heavy atom. The first-order valence-corrected chi connectivity index (χ1v) is 8.42. The molecule has 0 atom stereocenters. The van der Waals surface area contributed by atoms with Crippen molar-refractivity contribution in [1.29, 1.82) is 0 Å². The van der Waals surface area contributed by atoms with Crippen LogP contribution in [0.5, 0.6) is 0 Å². The number of hydrogen-bond donors (Lipinski definition) is 1. The minimum atomic E-state index is -1.02. The van der Waals surface area contributed by atoms with Gasteiger partial charge in [-0.1, -0.05) is 42.0 Å². The molecule has 2 aromatic rings. The van der Waals surface area contributed by atoms with Crippen molar-refractivity contribution < 1.29 is 14.7 Å². The first-order chi connectivity index (χ1) is 12.0. The van der Waals surface area contributed by atoms with Gasteiger partial charge in [0.05, 0.1) is 16.2 Å². The van der Waals surface area contributed by atoms with Crippen LogP contribution in [0.4, 0.5) is 5.69 Å². The number of carbonyl (C=O) groups is 2. The lowest BCUT2D eigenvalue weighted by molar-refractivity contribution is -0.113. The molecule has 2 aromatic carbocycles. The zero-order chi connectivity index (χ0) is 18.0. The van der Waals surface area contributed by atoms with Crippen LogP contribution in [0.3, 0.4) is 0 Å². The lowest BCUT2D eigenvalue weighted by Gasteiger charge is -2.19. The molecule has 0 fully saturated rings. The Hall–Kier alpha value is -2.86. The van der Waals surface area contributed by atoms with Gasteiger partial charge in [-0.15, -0.1) is 0 Å². The second-order valence-electron chi connectivity index (χ2n) is 5.60. The maximum atomic E-state index is 12.2. The summed E-state index contributed by atoms with van der Waals surface area (Å²) >= 11 is 1.24. The van der Waals surface area contributed by atoms with E-state index in [1.165, 1.54) is 17.8 Å². The highest BCUT2D eigenvalue weighted by atomic mass is 32.2. The minimum absolute atomic E-state index is 0.164.